The quantitative estimate of drug-likeness (QED) is 0.603. The highest BCUT2D eigenvalue weighted by molar-refractivity contribution is 6.34. The molecule has 150 valence electrons. The molecule has 0 fully saturated rings. The van der Waals surface area contributed by atoms with E-state index in [0.29, 0.717) is 24.9 Å². The van der Waals surface area contributed by atoms with Crippen LogP contribution < -0.4 is 10.6 Å². The summed E-state index contributed by atoms with van der Waals surface area (Å²) in [6, 6.07) is 4.68. The van der Waals surface area contributed by atoms with Gasteiger partial charge in [-0.15, -0.1) is 0 Å². The molecule has 0 spiro atoms. The van der Waals surface area contributed by atoms with E-state index in [1.807, 2.05) is 34.6 Å². The molecule has 0 aromatic heterocycles. The Balaban J connectivity index is 3.03. The van der Waals surface area contributed by atoms with Crippen LogP contribution in [0.2, 0.25) is 5.02 Å². The smallest absolute Gasteiger partial charge is 0.305 e. The fraction of sp³-hybridized carbons (Fsp3) is 0.550. The number of amides is 2. The van der Waals surface area contributed by atoms with Crippen molar-refractivity contribution in [2.75, 3.05) is 5.32 Å². The van der Waals surface area contributed by atoms with Crippen molar-refractivity contribution in [2.45, 2.75) is 65.8 Å². The van der Waals surface area contributed by atoms with Crippen molar-refractivity contribution in [1.29, 1.82) is 0 Å². The maximum atomic E-state index is 12.7. The molecule has 0 aliphatic carbocycles. The highest BCUT2D eigenvalue weighted by Crippen LogP contribution is 2.25. The first kappa shape index (κ1) is 23.0. The topological polar surface area (TPSA) is 95.5 Å². The van der Waals surface area contributed by atoms with Crippen molar-refractivity contribution in [3.63, 3.8) is 0 Å². The van der Waals surface area contributed by atoms with Crippen molar-refractivity contribution in [3.8, 4) is 0 Å². The van der Waals surface area contributed by atoms with E-state index >= 15 is 0 Å². The largest absolute Gasteiger partial charge is 0.481 e. The van der Waals surface area contributed by atoms with E-state index in [-0.39, 0.29) is 28.3 Å². The van der Waals surface area contributed by atoms with Gasteiger partial charge >= 0.3 is 5.97 Å². The third-order valence-corrected chi connectivity index (χ3v) is 4.74. The number of anilines is 1. The molecule has 0 aliphatic rings. The zero-order chi connectivity index (χ0) is 20.8. The second kappa shape index (κ2) is 9.22. The highest BCUT2D eigenvalue weighted by Gasteiger charge is 2.32. The molecule has 27 heavy (non-hydrogen) atoms. The number of carboxylic acid groups (broad SMARTS) is 1. The maximum absolute atomic E-state index is 12.7. The molecule has 1 rings (SSSR count). The van der Waals surface area contributed by atoms with Gasteiger partial charge in [-0.2, -0.15) is 0 Å². The average Bonchev–Trinajstić information content (AvgIpc) is 2.53. The summed E-state index contributed by atoms with van der Waals surface area (Å²) in [7, 11) is 0. The van der Waals surface area contributed by atoms with Crippen LogP contribution in [0.4, 0.5) is 5.69 Å². The van der Waals surface area contributed by atoms with E-state index in [9.17, 15) is 14.4 Å². The van der Waals surface area contributed by atoms with Crippen molar-refractivity contribution in [1.82, 2.24) is 5.32 Å². The van der Waals surface area contributed by atoms with E-state index in [0.717, 1.165) is 0 Å². The fourth-order valence-corrected chi connectivity index (χ4v) is 2.99. The number of rotatable bonds is 8. The molecule has 6 nitrogen and oxygen atoms in total. The number of benzene rings is 1. The first-order chi connectivity index (χ1) is 12.4. The monoisotopic (exact) mass is 396 g/mol. The number of carbonyl (C=O) groups is 3. The van der Waals surface area contributed by atoms with Gasteiger partial charge < -0.3 is 15.7 Å². The van der Waals surface area contributed by atoms with Crippen LogP contribution >= 0.6 is 11.6 Å². The van der Waals surface area contributed by atoms with Crippen LogP contribution in [0, 0.1) is 5.41 Å². The molecule has 1 aromatic carbocycles. The highest BCUT2D eigenvalue weighted by atomic mass is 35.5. The molecule has 2 amide bonds. The molecular formula is C20H29ClN2O4. The van der Waals surface area contributed by atoms with Crippen molar-refractivity contribution in [3.05, 3.63) is 28.8 Å². The van der Waals surface area contributed by atoms with E-state index in [2.05, 4.69) is 10.6 Å². The Bertz CT molecular complexity index is 706. The Kier molecular flexibility index (Phi) is 7.84. The second-order valence-corrected chi connectivity index (χ2v) is 8.40. The second-order valence-electron chi connectivity index (χ2n) is 7.99. The molecule has 0 radical (unpaired) electrons. The minimum atomic E-state index is -0.978. The van der Waals surface area contributed by atoms with Gasteiger partial charge in [0.2, 0.25) is 5.91 Å². The van der Waals surface area contributed by atoms with Crippen LogP contribution in [0.1, 0.15) is 70.7 Å². The Hall–Kier alpha value is -2.08. The van der Waals surface area contributed by atoms with Crippen LogP contribution in [0.5, 0.6) is 0 Å². The minimum Gasteiger partial charge on any atom is -0.481 e. The number of nitrogens with one attached hydrogen (secondary N) is 2. The van der Waals surface area contributed by atoms with Crippen LogP contribution in [0.3, 0.4) is 0 Å². The number of aliphatic carboxylic acids is 1. The first-order valence-corrected chi connectivity index (χ1v) is 9.43. The number of hydrogen-bond donors (Lipinski definition) is 3. The van der Waals surface area contributed by atoms with E-state index in [1.54, 1.807) is 12.1 Å². The zero-order valence-corrected chi connectivity index (χ0v) is 17.4. The van der Waals surface area contributed by atoms with E-state index in [1.165, 1.54) is 6.07 Å². The van der Waals surface area contributed by atoms with Crippen LogP contribution in [0.25, 0.3) is 0 Å². The number of halogens is 1. The summed E-state index contributed by atoms with van der Waals surface area (Å²) in [6.07, 6.45) is 1.11. The molecule has 0 heterocycles. The van der Waals surface area contributed by atoms with Crippen molar-refractivity contribution in [2.24, 2.45) is 5.41 Å². The predicted octanol–water partition coefficient (Wildman–Crippen LogP) is 4.48. The molecule has 1 aromatic rings. The summed E-state index contributed by atoms with van der Waals surface area (Å²) in [5.74, 6) is -1.59. The zero-order valence-electron chi connectivity index (χ0n) is 16.6. The SMILES string of the molecule is CCC(CC)(CC(=O)O)NC(=O)c1cc(NC(=O)CC(C)(C)C)ccc1Cl. The molecule has 0 saturated heterocycles. The van der Waals surface area contributed by atoms with Gasteiger partial charge in [-0.25, -0.2) is 0 Å². The van der Waals surface area contributed by atoms with Gasteiger partial charge in [0.25, 0.3) is 5.91 Å². The molecular weight excluding hydrogens is 368 g/mol. The Labute approximate surface area is 165 Å². The predicted molar refractivity (Wildman–Crippen MR) is 107 cm³/mol. The molecule has 0 bridgehead atoms. The normalized spacial score (nSPS) is 11.8. The standard InChI is InChI=1S/C20H29ClN2O4/c1-6-20(7-2,12-17(25)26)23-18(27)14-10-13(8-9-15(14)21)22-16(24)11-19(3,4)5/h8-10H,6-7,11-12H2,1-5H3,(H,22,24)(H,23,27)(H,25,26). The molecule has 7 heteroatoms. The minimum absolute atomic E-state index is 0.154. The van der Waals surface area contributed by atoms with Crippen LogP contribution in [-0.4, -0.2) is 28.4 Å². The third kappa shape index (κ3) is 7.21. The number of carboxylic acids is 1. The van der Waals surface area contributed by atoms with E-state index < -0.39 is 17.4 Å². The van der Waals surface area contributed by atoms with Gasteiger partial charge in [-0.05, 0) is 36.5 Å². The average molecular weight is 397 g/mol. The summed E-state index contributed by atoms with van der Waals surface area (Å²) < 4.78 is 0. The lowest BCUT2D eigenvalue weighted by atomic mass is 9.88. The summed E-state index contributed by atoms with van der Waals surface area (Å²) in [4.78, 5) is 36.1. The van der Waals surface area contributed by atoms with Gasteiger partial charge in [0.1, 0.15) is 0 Å². The van der Waals surface area contributed by atoms with Gasteiger partial charge in [0.05, 0.1) is 22.5 Å². The van der Waals surface area contributed by atoms with Gasteiger partial charge in [0.15, 0.2) is 0 Å². The number of hydrogen-bond acceptors (Lipinski definition) is 3. The van der Waals surface area contributed by atoms with E-state index in [4.69, 9.17) is 16.7 Å². The van der Waals surface area contributed by atoms with Crippen molar-refractivity contribution < 1.29 is 19.5 Å². The lowest BCUT2D eigenvalue weighted by molar-refractivity contribution is -0.138. The van der Waals surface area contributed by atoms with Crippen LogP contribution in [0.15, 0.2) is 18.2 Å². The molecule has 3 N–H and O–H groups in total. The summed E-state index contributed by atoms with van der Waals surface area (Å²) in [5.41, 5.74) is -0.342. The fourth-order valence-electron chi connectivity index (χ4n) is 2.78. The Morgan fingerprint density at radius 1 is 1.07 bits per heavy atom. The summed E-state index contributed by atoms with van der Waals surface area (Å²) in [6.45, 7) is 9.55. The van der Waals surface area contributed by atoms with Gasteiger partial charge in [-0.1, -0.05) is 46.2 Å². The van der Waals surface area contributed by atoms with Crippen LogP contribution in [-0.2, 0) is 9.59 Å². The molecule has 0 aliphatic heterocycles. The Morgan fingerprint density at radius 2 is 1.67 bits per heavy atom. The Morgan fingerprint density at radius 3 is 2.15 bits per heavy atom. The molecule has 0 atom stereocenters. The van der Waals surface area contributed by atoms with Crippen molar-refractivity contribution >= 4 is 35.1 Å². The lowest BCUT2D eigenvalue weighted by Crippen LogP contribution is -2.49. The first-order valence-electron chi connectivity index (χ1n) is 9.05. The maximum Gasteiger partial charge on any atom is 0.305 e. The number of carbonyl (C=O) groups excluding carboxylic acids is 2. The van der Waals surface area contributed by atoms with Gasteiger partial charge in [0, 0.05) is 12.1 Å². The summed E-state index contributed by atoms with van der Waals surface area (Å²) >= 11 is 6.17. The molecule has 0 unspecified atom stereocenters. The lowest BCUT2D eigenvalue weighted by Gasteiger charge is -2.31. The van der Waals surface area contributed by atoms with Gasteiger partial charge in [-0.3, -0.25) is 14.4 Å². The summed E-state index contributed by atoms with van der Waals surface area (Å²) in [5, 5.41) is 15.0. The molecule has 0 saturated carbocycles. The third-order valence-electron chi connectivity index (χ3n) is 4.41.